The topological polar surface area (TPSA) is 31.4 Å². The largest absolute Gasteiger partial charge is 0.346 e. The molecule has 2 fully saturated rings. The van der Waals surface area contributed by atoms with E-state index < -0.39 is 0 Å². The van der Waals surface area contributed by atoms with E-state index in [1.165, 1.54) is 28.5 Å². The van der Waals surface area contributed by atoms with Gasteiger partial charge >= 0.3 is 0 Å². The molecule has 0 spiro atoms. The molecule has 0 bridgehead atoms. The highest BCUT2D eigenvalue weighted by Gasteiger charge is 2.23. The van der Waals surface area contributed by atoms with Gasteiger partial charge < -0.3 is 10.2 Å². The molecule has 1 aliphatic carbocycles. The van der Waals surface area contributed by atoms with E-state index >= 15 is 0 Å². The summed E-state index contributed by atoms with van der Waals surface area (Å²) in [6.45, 7) is 12.3. The molecule has 0 unspecified atom stereocenters. The Morgan fingerprint density at radius 1 is 1.25 bits per heavy atom. The van der Waals surface area contributed by atoms with Crippen LogP contribution in [0.15, 0.2) is 0 Å². The second kappa shape index (κ2) is 6.00. The molecule has 1 N–H and O–H groups in total. The molecule has 0 amide bonds. The molecule has 112 valence electrons. The van der Waals surface area contributed by atoms with Gasteiger partial charge in [-0.2, -0.15) is 0 Å². The Morgan fingerprint density at radius 2 is 1.95 bits per heavy atom. The third-order valence-electron chi connectivity index (χ3n) is 4.33. The molecular formula is C15H26N4S. The predicted molar refractivity (Wildman–Crippen MR) is 85.6 cm³/mol. The zero-order valence-corrected chi connectivity index (χ0v) is 13.7. The van der Waals surface area contributed by atoms with Gasteiger partial charge in [0.05, 0.1) is 5.69 Å². The number of hydrogen-bond acceptors (Lipinski definition) is 5. The van der Waals surface area contributed by atoms with Gasteiger partial charge in [-0.15, -0.1) is 11.3 Å². The third kappa shape index (κ3) is 3.32. The van der Waals surface area contributed by atoms with Crippen molar-refractivity contribution >= 4 is 16.5 Å². The van der Waals surface area contributed by atoms with Gasteiger partial charge in [-0.25, -0.2) is 4.98 Å². The number of nitrogens with zero attached hydrogens (tertiary/aromatic N) is 3. The number of hydrogen-bond donors (Lipinski definition) is 1. The molecule has 2 aliphatic rings. The molecule has 2 heterocycles. The first-order valence-electron chi connectivity index (χ1n) is 7.82. The summed E-state index contributed by atoms with van der Waals surface area (Å²) in [7, 11) is 0. The average Bonchev–Trinajstić information content (AvgIpc) is 3.20. The molecule has 1 aromatic heterocycles. The Balaban J connectivity index is 1.58. The number of aromatic nitrogens is 1. The normalized spacial score (nSPS) is 20.9. The summed E-state index contributed by atoms with van der Waals surface area (Å²) in [5, 5.41) is 4.82. The van der Waals surface area contributed by atoms with Crippen LogP contribution in [-0.4, -0.2) is 48.1 Å². The van der Waals surface area contributed by atoms with E-state index in [1.807, 2.05) is 11.3 Å². The molecule has 5 heteroatoms. The fourth-order valence-corrected chi connectivity index (χ4v) is 3.73. The number of nitrogens with one attached hydrogen (secondary N) is 1. The fraction of sp³-hybridized carbons (Fsp3) is 0.800. The molecule has 1 aliphatic heterocycles. The Labute approximate surface area is 126 Å². The van der Waals surface area contributed by atoms with Crippen molar-refractivity contribution in [1.82, 2.24) is 15.2 Å². The molecular weight excluding hydrogens is 268 g/mol. The fourth-order valence-electron chi connectivity index (χ4n) is 2.67. The summed E-state index contributed by atoms with van der Waals surface area (Å²) in [6.07, 6.45) is 2.70. The minimum Gasteiger partial charge on any atom is -0.346 e. The van der Waals surface area contributed by atoms with Gasteiger partial charge in [0.2, 0.25) is 0 Å². The van der Waals surface area contributed by atoms with Crippen LogP contribution in [0.5, 0.6) is 0 Å². The summed E-state index contributed by atoms with van der Waals surface area (Å²) in [5.41, 5.74) is 1.21. The maximum Gasteiger partial charge on any atom is 0.185 e. The van der Waals surface area contributed by atoms with Crippen LogP contribution in [0.4, 0.5) is 5.13 Å². The Kier molecular flexibility index (Phi) is 4.29. The zero-order chi connectivity index (χ0) is 14.1. The Morgan fingerprint density at radius 3 is 2.55 bits per heavy atom. The molecule has 1 saturated carbocycles. The summed E-state index contributed by atoms with van der Waals surface area (Å²) in [4.78, 5) is 11.2. The van der Waals surface area contributed by atoms with E-state index in [0.29, 0.717) is 6.04 Å². The van der Waals surface area contributed by atoms with Crippen molar-refractivity contribution in [2.24, 2.45) is 0 Å². The summed E-state index contributed by atoms with van der Waals surface area (Å²) >= 11 is 1.88. The first-order valence-corrected chi connectivity index (χ1v) is 8.64. The smallest absolute Gasteiger partial charge is 0.185 e. The standard InChI is InChI=1S/C15H26N4S/c1-11(2)18-6-8-19(9-7-18)15-17-12(3)14(20-15)10-16-13-4-5-13/h11,13,16H,4-10H2,1-3H3. The van der Waals surface area contributed by atoms with Gasteiger partial charge in [0.15, 0.2) is 5.13 Å². The van der Waals surface area contributed by atoms with Gasteiger partial charge in [0.1, 0.15) is 0 Å². The highest BCUT2D eigenvalue weighted by atomic mass is 32.1. The van der Waals surface area contributed by atoms with Gasteiger partial charge in [-0.1, -0.05) is 0 Å². The Hall–Kier alpha value is -0.650. The summed E-state index contributed by atoms with van der Waals surface area (Å²) in [6, 6.07) is 1.43. The molecule has 1 saturated heterocycles. The van der Waals surface area contributed by atoms with E-state index in [9.17, 15) is 0 Å². The quantitative estimate of drug-likeness (QED) is 0.902. The minimum atomic E-state index is 0.661. The van der Waals surface area contributed by atoms with Crippen molar-refractivity contribution < 1.29 is 0 Å². The van der Waals surface area contributed by atoms with Crippen LogP contribution in [0.3, 0.4) is 0 Å². The van der Waals surface area contributed by atoms with Gasteiger partial charge in [-0.3, -0.25) is 4.90 Å². The van der Waals surface area contributed by atoms with Crippen molar-refractivity contribution in [1.29, 1.82) is 0 Å². The lowest BCUT2D eigenvalue weighted by atomic mass is 10.2. The van der Waals surface area contributed by atoms with Crippen LogP contribution >= 0.6 is 11.3 Å². The lowest BCUT2D eigenvalue weighted by Crippen LogP contribution is -2.48. The highest BCUT2D eigenvalue weighted by molar-refractivity contribution is 7.15. The first kappa shape index (κ1) is 14.3. The SMILES string of the molecule is Cc1nc(N2CCN(C(C)C)CC2)sc1CNC1CC1. The summed E-state index contributed by atoms with van der Waals surface area (Å²) in [5.74, 6) is 0. The molecule has 0 atom stereocenters. The maximum atomic E-state index is 4.79. The van der Waals surface area contributed by atoms with E-state index in [0.717, 1.165) is 38.8 Å². The van der Waals surface area contributed by atoms with Gasteiger partial charge in [-0.05, 0) is 33.6 Å². The van der Waals surface area contributed by atoms with Crippen LogP contribution in [0.1, 0.15) is 37.3 Å². The Bertz CT molecular complexity index is 445. The van der Waals surface area contributed by atoms with E-state index in [1.54, 1.807) is 0 Å². The second-order valence-electron chi connectivity index (χ2n) is 6.28. The first-order chi connectivity index (χ1) is 9.63. The maximum absolute atomic E-state index is 4.79. The van der Waals surface area contributed by atoms with Crippen molar-refractivity contribution in [2.45, 2.75) is 52.2 Å². The van der Waals surface area contributed by atoms with Crippen molar-refractivity contribution in [3.05, 3.63) is 10.6 Å². The summed E-state index contributed by atoms with van der Waals surface area (Å²) < 4.78 is 0. The number of anilines is 1. The number of thiazole rings is 1. The van der Waals surface area contributed by atoms with Crippen molar-refractivity contribution in [2.75, 3.05) is 31.1 Å². The van der Waals surface area contributed by atoms with Gasteiger partial charge in [0, 0.05) is 49.7 Å². The van der Waals surface area contributed by atoms with E-state index in [-0.39, 0.29) is 0 Å². The molecule has 1 aromatic rings. The van der Waals surface area contributed by atoms with Crippen LogP contribution in [0, 0.1) is 6.92 Å². The zero-order valence-electron chi connectivity index (χ0n) is 12.9. The number of aryl methyl sites for hydroxylation is 1. The van der Waals surface area contributed by atoms with E-state index in [4.69, 9.17) is 4.98 Å². The predicted octanol–water partition coefficient (Wildman–Crippen LogP) is 2.23. The third-order valence-corrected chi connectivity index (χ3v) is 5.54. The van der Waals surface area contributed by atoms with Crippen molar-refractivity contribution in [3.63, 3.8) is 0 Å². The second-order valence-corrected chi connectivity index (χ2v) is 7.34. The minimum absolute atomic E-state index is 0.661. The van der Waals surface area contributed by atoms with Gasteiger partial charge in [0.25, 0.3) is 0 Å². The molecule has 0 aromatic carbocycles. The van der Waals surface area contributed by atoms with Crippen LogP contribution in [-0.2, 0) is 6.54 Å². The molecule has 3 rings (SSSR count). The van der Waals surface area contributed by atoms with Crippen LogP contribution in [0.25, 0.3) is 0 Å². The molecule has 4 nitrogen and oxygen atoms in total. The molecule has 20 heavy (non-hydrogen) atoms. The number of piperazine rings is 1. The molecule has 0 radical (unpaired) electrons. The van der Waals surface area contributed by atoms with Crippen LogP contribution in [0.2, 0.25) is 0 Å². The monoisotopic (exact) mass is 294 g/mol. The van der Waals surface area contributed by atoms with Crippen LogP contribution < -0.4 is 10.2 Å². The van der Waals surface area contributed by atoms with E-state index in [2.05, 4.69) is 35.9 Å². The average molecular weight is 294 g/mol. The van der Waals surface area contributed by atoms with Crippen molar-refractivity contribution in [3.8, 4) is 0 Å². The lowest BCUT2D eigenvalue weighted by molar-refractivity contribution is 0.209. The highest BCUT2D eigenvalue weighted by Crippen LogP contribution is 2.28. The lowest BCUT2D eigenvalue weighted by Gasteiger charge is -2.36. The number of rotatable bonds is 5.